The molecule has 3 saturated heterocycles. The Bertz CT molecular complexity index is 1080. The van der Waals surface area contributed by atoms with E-state index in [1.54, 1.807) is 0 Å². The third-order valence-corrected chi connectivity index (χ3v) is 8.64. The zero-order valence-electron chi connectivity index (χ0n) is 27.4. The average molecular weight is 735 g/mol. The monoisotopic (exact) mass is 734 g/mol. The molecule has 3 aliphatic rings. The van der Waals surface area contributed by atoms with E-state index in [4.69, 9.17) is 28.4 Å². The molecule has 0 spiro atoms. The maximum atomic E-state index is 12.4. The Morgan fingerprint density at radius 3 is 1.76 bits per heavy atom. The van der Waals surface area contributed by atoms with Gasteiger partial charge >= 0.3 is 0 Å². The molecule has 22 heteroatoms. The summed E-state index contributed by atoms with van der Waals surface area (Å²) in [7, 11) is 0. The highest BCUT2D eigenvalue weighted by Gasteiger charge is 2.54. The van der Waals surface area contributed by atoms with Crippen LogP contribution in [0.15, 0.2) is 0 Å². The number of hydrogen-bond donors (Lipinski definition) is 14. The van der Waals surface area contributed by atoms with E-state index in [1.807, 2.05) is 0 Å². The van der Waals surface area contributed by atoms with Crippen LogP contribution < -0.4 is 10.6 Å². The molecule has 3 fully saturated rings. The number of amides is 2. The predicted octanol–water partition coefficient (Wildman–Crippen LogP) is -8.80. The van der Waals surface area contributed by atoms with E-state index in [0.29, 0.717) is 0 Å². The summed E-state index contributed by atoms with van der Waals surface area (Å²) in [5.74, 6) is -1.50. The maximum absolute atomic E-state index is 12.4. The fraction of sp³-hybridized carbons (Fsp3) is 0.929. The molecule has 22 nitrogen and oxygen atoms in total. The summed E-state index contributed by atoms with van der Waals surface area (Å²) in [6, 6.07) is -3.18. The van der Waals surface area contributed by atoms with E-state index in [1.165, 1.54) is 6.92 Å². The number of carbonyl (C=O) groups is 2. The Kier molecular flexibility index (Phi) is 16.0. The first kappa shape index (κ1) is 42.6. The summed E-state index contributed by atoms with van der Waals surface area (Å²) in [4.78, 5) is 24.4. The third-order valence-electron chi connectivity index (χ3n) is 8.64. The number of rotatable bonds is 15. The van der Waals surface area contributed by atoms with Crippen LogP contribution in [0, 0.1) is 0 Å². The summed E-state index contributed by atoms with van der Waals surface area (Å²) in [6.45, 7) is -0.409. The van der Waals surface area contributed by atoms with Gasteiger partial charge in [-0.1, -0.05) is 0 Å². The highest BCUT2D eigenvalue weighted by Crippen LogP contribution is 2.32. The maximum Gasteiger partial charge on any atom is 0.217 e. The van der Waals surface area contributed by atoms with E-state index in [9.17, 15) is 70.9 Å². The second-order valence-electron chi connectivity index (χ2n) is 12.4. The van der Waals surface area contributed by atoms with Crippen molar-refractivity contribution >= 4 is 11.8 Å². The molecule has 14 N–H and O–H groups in total. The van der Waals surface area contributed by atoms with E-state index >= 15 is 0 Å². The van der Waals surface area contributed by atoms with Crippen LogP contribution in [0.25, 0.3) is 0 Å². The molecule has 3 aliphatic heterocycles. The van der Waals surface area contributed by atoms with Crippen LogP contribution in [-0.2, 0) is 38.0 Å². The Hall–Kier alpha value is -1.78. The van der Waals surface area contributed by atoms with Crippen LogP contribution in [0.1, 0.15) is 20.8 Å². The molecule has 2 amide bonds. The van der Waals surface area contributed by atoms with Crippen molar-refractivity contribution in [3.63, 3.8) is 0 Å². The number of aliphatic hydroxyl groups is 12. The standard InChI is InChI=1S/C28H50N2O20/c1-8-17(38)22(43)23(44)28(45-8)48-14(7-34)24(18(39)11(37)4-31)49-27-16(30-10(3)36)25(20(41)13(6-33)47-27)50-26-15(29-9(2)35)21(42)19(40)12(5-32)46-26/h8,11-28,31-34,37-44H,4-7H2,1-3H3,(H,29,35)(H,30,36). The van der Waals surface area contributed by atoms with Gasteiger partial charge in [-0.05, 0) is 6.92 Å². The Labute approximate surface area is 285 Å². The molecule has 0 aliphatic carbocycles. The summed E-state index contributed by atoms with van der Waals surface area (Å²) in [5.41, 5.74) is 0. The summed E-state index contributed by atoms with van der Waals surface area (Å²) in [6.07, 6.45) is -29.7. The van der Waals surface area contributed by atoms with Crippen LogP contribution in [0.2, 0.25) is 0 Å². The molecule has 0 aromatic carbocycles. The first-order chi connectivity index (χ1) is 23.5. The van der Waals surface area contributed by atoms with Gasteiger partial charge in [0.25, 0.3) is 0 Å². The van der Waals surface area contributed by atoms with Crippen molar-refractivity contribution in [3.8, 4) is 0 Å². The molecule has 0 radical (unpaired) electrons. The van der Waals surface area contributed by atoms with Crippen LogP contribution in [0.4, 0.5) is 0 Å². The molecule has 3 heterocycles. The molecule has 292 valence electrons. The average Bonchev–Trinajstić information content (AvgIpc) is 3.08. The van der Waals surface area contributed by atoms with Gasteiger partial charge in [0.1, 0.15) is 91.4 Å². The van der Waals surface area contributed by atoms with Gasteiger partial charge in [-0.25, -0.2) is 0 Å². The van der Waals surface area contributed by atoms with Gasteiger partial charge in [0.15, 0.2) is 18.9 Å². The molecule has 19 atom stereocenters. The molecule has 3 rings (SSSR count). The van der Waals surface area contributed by atoms with Gasteiger partial charge in [-0.2, -0.15) is 0 Å². The van der Waals surface area contributed by atoms with Crippen molar-refractivity contribution in [2.75, 3.05) is 26.4 Å². The highest BCUT2D eigenvalue weighted by molar-refractivity contribution is 5.73. The lowest BCUT2D eigenvalue weighted by Gasteiger charge is -2.49. The SMILES string of the molecule is CC(=O)NC1C(OC2C(O)C(CO)OC(OC(C(CO)OC3OC(C)C(O)C(O)C3O)C(O)C(O)CO)C2NC(C)=O)OC(CO)C(O)C1O. The van der Waals surface area contributed by atoms with Crippen molar-refractivity contribution in [2.24, 2.45) is 0 Å². The van der Waals surface area contributed by atoms with Crippen molar-refractivity contribution in [3.05, 3.63) is 0 Å². The van der Waals surface area contributed by atoms with Crippen LogP contribution in [-0.4, -0.2) is 216 Å². The minimum absolute atomic E-state index is 0.709. The molecule has 0 aromatic rings. The predicted molar refractivity (Wildman–Crippen MR) is 158 cm³/mol. The molecular weight excluding hydrogens is 684 g/mol. The topological polar surface area (TPSA) is 356 Å². The largest absolute Gasteiger partial charge is 0.394 e. The van der Waals surface area contributed by atoms with Crippen molar-refractivity contribution in [1.82, 2.24) is 10.6 Å². The molecule has 50 heavy (non-hydrogen) atoms. The molecule has 0 saturated carbocycles. The van der Waals surface area contributed by atoms with E-state index in [0.717, 1.165) is 13.8 Å². The van der Waals surface area contributed by atoms with Gasteiger partial charge < -0.3 is 100 Å². The van der Waals surface area contributed by atoms with Gasteiger partial charge in [0.2, 0.25) is 11.8 Å². The minimum atomic E-state index is -2.14. The number of nitrogens with one attached hydrogen (secondary N) is 2. The summed E-state index contributed by atoms with van der Waals surface area (Å²) < 4.78 is 34.2. The minimum Gasteiger partial charge on any atom is -0.394 e. The number of ether oxygens (including phenoxy) is 6. The number of aliphatic hydroxyl groups excluding tert-OH is 12. The highest BCUT2D eigenvalue weighted by atomic mass is 16.7. The zero-order chi connectivity index (χ0) is 37.6. The smallest absolute Gasteiger partial charge is 0.217 e. The molecule has 0 bridgehead atoms. The van der Waals surface area contributed by atoms with Crippen molar-refractivity contribution in [2.45, 2.75) is 137 Å². The third kappa shape index (κ3) is 9.80. The molecular formula is C28H50N2O20. The number of carbonyl (C=O) groups excluding carboxylic acids is 2. The van der Waals surface area contributed by atoms with Crippen molar-refractivity contribution in [1.29, 1.82) is 0 Å². The van der Waals surface area contributed by atoms with Gasteiger partial charge in [0.05, 0.1) is 32.5 Å². The van der Waals surface area contributed by atoms with E-state index < -0.39 is 155 Å². The number of hydrogen-bond acceptors (Lipinski definition) is 20. The summed E-state index contributed by atoms with van der Waals surface area (Å²) >= 11 is 0. The van der Waals surface area contributed by atoms with Gasteiger partial charge in [0, 0.05) is 13.8 Å². The van der Waals surface area contributed by atoms with E-state index in [-0.39, 0.29) is 0 Å². The first-order valence-electron chi connectivity index (χ1n) is 15.9. The molecule has 0 aromatic heterocycles. The lowest BCUT2D eigenvalue weighted by atomic mass is 9.94. The Morgan fingerprint density at radius 1 is 0.660 bits per heavy atom. The van der Waals surface area contributed by atoms with E-state index in [2.05, 4.69) is 10.6 Å². The first-order valence-corrected chi connectivity index (χ1v) is 15.9. The lowest BCUT2D eigenvalue weighted by molar-refractivity contribution is -0.351. The fourth-order valence-corrected chi connectivity index (χ4v) is 5.87. The summed E-state index contributed by atoms with van der Waals surface area (Å²) in [5, 5.41) is 129. The Morgan fingerprint density at radius 2 is 1.22 bits per heavy atom. The molecule has 19 unspecified atom stereocenters. The lowest BCUT2D eigenvalue weighted by Crippen LogP contribution is -2.70. The van der Waals surface area contributed by atoms with Crippen LogP contribution in [0.3, 0.4) is 0 Å². The van der Waals surface area contributed by atoms with Crippen LogP contribution >= 0.6 is 0 Å². The van der Waals surface area contributed by atoms with Gasteiger partial charge in [-0.3, -0.25) is 9.59 Å². The zero-order valence-corrected chi connectivity index (χ0v) is 27.4. The quantitative estimate of drug-likeness (QED) is 0.0742. The van der Waals surface area contributed by atoms with Gasteiger partial charge in [-0.15, -0.1) is 0 Å². The normalized spacial score (nSPS) is 41.9. The fourth-order valence-electron chi connectivity index (χ4n) is 5.87. The van der Waals surface area contributed by atoms with Crippen molar-refractivity contribution < 1.29 is 99.3 Å². The Balaban J connectivity index is 2.02. The second kappa shape index (κ2) is 18.8. The second-order valence-corrected chi connectivity index (χ2v) is 12.4. The van der Waals surface area contributed by atoms with Crippen LogP contribution in [0.5, 0.6) is 0 Å².